The van der Waals surface area contributed by atoms with E-state index in [-0.39, 0.29) is 23.0 Å². The molecule has 0 aliphatic rings. The Balaban J connectivity index is 2.02. The maximum absolute atomic E-state index is 14.1. The van der Waals surface area contributed by atoms with Crippen molar-refractivity contribution in [2.45, 2.75) is 64.4 Å². The van der Waals surface area contributed by atoms with Crippen LogP contribution in [0.25, 0.3) is 0 Å². The van der Waals surface area contributed by atoms with Crippen LogP contribution in [0.1, 0.15) is 51.2 Å². The fraction of sp³-hybridized carbons (Fsp3) is 0.375. The SMILES string of the molecule is CCCCNC(=O)[C@H](CC)N(Cc1cccc(C)c1)C(=O)CN(c1ccc(F)cc1)S(=O)(=O)c1ccc(OCC)cc1. The highest BCUT2D eigenvalue weighted by Crippen LogP contribution is 2.26. The number of amides is 2. The highest BCUT2D eigenvalue weighted by molar-refractivity contribution is 7.92. The lowest BCUT2D eigenvalue weighted by molar-refractivity contribution is -0.140. The lowest BCUT2D eigenvalue weighted by Gasteiger charge is -2.33. The molecule has 0 heterocycles. The summed E-state index contributed by atoms with van der Waals surface area (Å²) in [6.07, 6.45) is 2.03. The Labute approximate surface area is 248 Å². The number of hydrogen-bond acceptors (Lipinski definition) is 5. The van der Waals surface area contributed by atoms with Gasteiger partial charge in [0.25, 0.3) is 10.0 Å². The molecule has 2 amide bonds. The second kappa shape index (κ2) is 15.3. The van der Waals surface area contributed by atoms with E-state index in [9.17, 15) is 22.4 Å². The van der Waals surface area contributed by atoms with Crippen molar-refractivity contribution in [3.63, 3.8) is 0 Å². The Morgan fingerprint density at radius 3 is 2.26 bits per heavy atom. The summed E-state index contributed by atoms with van der Waals surface area (Å²) < 4.78 is 48.1. The second-order valence-corrected chi connectivity index (χ2v) is 11.8. The van der Waals surface area contributed by atoms with Crippen molar-refractivity contribution in [1.82, 2.24) is 10.2 Å². The smallest absolute Gasteiger partial charge is 0.264 e. The summed E-state index contributed by atoms with van der Waals surface area (Å²) in [6.45, 7) is 8.01. The van der Waals surface area contributed by atoms with Crippen LogP contribution in [-0.2, 0) is 26.2 Å². The first-order valence-corrected chi connectivity index (χ1v) is 15.7. The Bertz CT molecular complexity index is 1430. The second-order valence-electron chi connectivity index (χ2n) is 9.97. The molecule has 1 N–H and O–H groups in total. The molecule has 0 saturated carbocycles. The molecule has 42 heavy (non-hydrogen) atoms. The van der Waals surface area contributed by atoms with Gasteiger partial charge in [0.05, 0.1) is 17.2 Å². The summed E-state index contributed by atoms with van der Waals surface area (Å²) in [6, 6.07) is 17.6. The van der Waals surface area contributed by atoms with E-state index in [2.05, 4.69) is 5.32 Å². The Morgan fingerprint density at radius 2 is 1.67 bits per heavy atom. The minimum absolute atomic E-state index is 0.0577. The topological polar surface area (TPSA) is 96.0 Å². The molecule has 0 radical (unpaired) electrons. The van der Waals surface area contributed by atoms with Gasteiger partial charge in [0.15, 0.2) is 0 Å². The van der Waals surface area contributed by atoms with Gasteiger partial charge in [-0.15, -0.1) is 0 Å². The fourth-order valence-electron chi connectivity index (χ4n) is 4.57. The van der Waals surface area contributed by atoms with Crippen LogP contribution in [-0.4, -0.2) is 50.9 Å². The van der Waals surface area contributed by atoms with Crippen molar-refractivity contribution >= 4 is 27.5 Å². The van der Waals surface area contributed by atoms with Gasteiger partial charge in [-0.1, -0.05) is 50.1 Å². The van der Waals surface area contributed by atoms with Crippen LogP contribution in [0.5, 0.6) is 5.75 Å². The van der Waals surface area contributed by atoms with Crippen molar-refractivity contribution in [1.29, 1.82) is 0 Å². The molecular weight excluding hydrogens is 557 g/mol. The quantitative estimate of drug-likeness (QED) is 0.235. The first-order chi connectivity index (χ1) is 20.1. The molecule has 3 aromatic carbocycles. The van der Waals surface area contributed by atoms with Crippen LogP contribution in [0.15, 0.2) is 77.7 Å². The molecule has 8 nitrogen and oxygen atoms in total. The van der Waals surface area contributed by atoms with Gasteiger partial charge >= 0.3 is 0 Å². The number of aryl methyl sites for hydroxylation is 1. The standard InChI is InChI=1S/C32H40FN3O5S/c1-5-8-20-34-32(38)30(6-2)35(22-25-11-9-10-24(4)21-25)31(37)23-36(27-14-12-26(33)13-15-27)42(39,40)29-18-16-28(17-19-29)41-7-3/h9-19,21,30H,5-8,20,22-23H2,1-4H3,(H,34,38)/t30-/m0/s1. The van der Waals surface area contributed by atoms with E-state index in [1.807, 2.05) is 52.0 Å². The number of anilines is 1. The van der Waals surface area contributed by atoms with E-state index < -0.39 is 34.3 Å². The predicted molar refractivity (Wildman–Crippen MR) is 162 cm³/mol. The van der Waals surface area contributed by atoms with Crippen molar-refractivity contribution < 1.29 is 27.1 Å². The van der Waals surface area contributed by atoms with Gasteiger partial charge in [-0.2, -0.15) is 0 Å². The summed E-state index contributed by atoms with van der Waals surface area (Å²) in [7, 11) is -4.27. The minimum Gasteiger partial charge on any atom is -0.494 e. The van der Waals surface area contributed by atoms with Crippen molar-refractivity contribution in [3.8, 4) is 5.75 Å². The van der Waals surface area contributed by atoms with Crippen LogP contribution >= 0.6 is 0 Å². The maximum Gasteiger partial charge on any atom is 0.264 e. The molecule has 0 saturated heterocycles. The predicted octanol–water partition coefficient (Wildman–Crippen LogP) is 5.45. The van der Waals surface area contributed by atoms with Gasteiger partial charge < -0.3 is 15.0 Å². The van der Waals surface area contributed by atoms with E-state index in [0.29, 0.717) is 25.3 Å². The molecule has 3 rings (SSSR count). The first-order valence-electron chi connectivity index (χ1n) is 14.2. The molecule has 226 valence electrons. The summed E-state index contributed by atoms with van der Waals surface area (Å²) in [5.41, 5.74) is 1.92. The Hall–Kier alpha value is -3.92. The average molecular weight is 598 g/mol. The van der Waals surface area contributed by atoms with Gasteiger partial charge in [-0.3, -0.25) is 13.9 Å². The Morgan fingerprint density at radius 1 is 0.976 bits per heavy atom. The fourth-order valence-corrected chi connectivity index (χ4v) is 5.98. The highest BCUT2D eigenvalue weighted by atomic mass is 32.2. The summed E-state index contributed by atoms with van der Waals surface area (Å²) in [4.78, 5) is 28.7. The largest absolute Gasteiger partial charge is 0.494 e. The van der Waals surface area contributed by atoms with E-state index >= 15 is 0 Å². The highest BCUT2D eigenvalue weighted by Gasteiger charge is 2.33. The maximum atomic E-state index is 14.1. The number of hydrogen-bond donors (Lipinski definition) is 1. The molecule has 0 fully saturated rings. The first kappa shape index (κ1) is 32.6. The van der Waals surface area contributed by atoms with Crippen LogP contribution in [0.4, 0.5) is 10.1 Å². The van der Waals surface area contributed by atoms with E-state index in [4.69, 9.17) is 4.74 Å². The molecule has 0 aromatic heterocycles. The monoisotopic (exact) mass is 597 g/mol. The summed E-state index contributed by atoms with van der Waals surface area (Å²) >= 11 is 0. The van der Waals surface area contributed by atoms with Crippen LogP contribution in [0, 0.1) is 12.7 Å². The van der Waals surface area contributed by atoms with E-state index in [0.717, 1.165) is 40.4 Å². The number of carbonyl (C=O) groups excluding carboxylic acids is 2. The zero-order chi connectivity index (χ0) is 30.7. The normalized spacial score (nSPS) is 11.9. The van der Waals surface area contributed by atoms with Crippen LogP contribution in [0.2, 0.25) is 0 Å². The van der Waals surface area contributed by atoms with Gasteiger partial charge in [0, 0.05) is 13.1 Å². The zero-order valence-electron chi connectivity index (χ0n) is 24.7. The number of halogens is 1. The third-order valence-electron chi connectivity index (χ3n) is 6.77. The van der Waals surface area contributed by atoms with Gasteiger partial charge in [-0.25, -0.2) is 12.8 Å². The Kier molecular flexibility index (Phi) is 11.9. The number of unbranched alkanes of at least 4 members (excludes halogenated alkanes) is 1. The number of carbonyl (C=O) groups is 2. The molecule has 0 unspecified atom stereocenters. The van der Waals surface area contributed by atoms with Crippen LogP contribution < -0.4 is 14.4 Å². The molecule has 0 bridgehead atoms. The molecule has 10 heteroatoms. The van der Waals surface area contributed by atoms with Gasteiger partial charge in [0.2, 0.25) is 11.8 Å². The third-order valence-corrected chi connectivity index (χ3v) is 8.56. The summed E-state index contributed by atoms with van der Waals surface area (Å²) in [5.74, 6) is -0.896. The zero-order valence-corrected chi connectivity index (χ0v) is 25.5. The lowest BCUT2D eigenvalue weighted by Crippen LogP contribution is -2.52. The van der Waals surface area contributed by atoms with Crippen LogP contribution in [0.3, 0.4) is 0 Å². The lowest BCUT2D eigenvalue weighted by atomic mass is 10.1. The van der Waals surface area contributed by atoms with Crippen molar-refractivity contribution in [3.05, 3.63) is 89.7 Å². The number of ether oxygens (including phenoxy) is 1. The summed E-state index contributed by atoms with van der Waals surface area (Å²) in [5, 5.41) is 2.91. The van der Waals surface area contributed by atoms with Gasteiger partial charge in [0.1, 0.15) is 24.2 Å². The van der Waals surface area contributed by atoms with Gasteiger partial charge in [-0.05, 0) is 80.8 Å². The molecule has 0 aliphatic heterocycles. The molecule has 1 atom stereocenters. The van der Waals surface area contributed by atoms with E-state index in [1.165, 1.54) is 29.2 Å². The number of nitrogens with zero attached hydrogens (tertiary/aromatic N) is 2. The average Bonchev–Trinajstić information content (AvgIpc) is 2.97. The number of nitrogens with one attached hydrogen (secondary N) is 1. The number of sulfonamides is 1. The van der Waals surface area contributed by atoms with E-state index in [1.54, 1.807) is 12.1 Å². The number of benzene rings is 3. The molecule has 0 spiro atoms. The molecular formula is C32H40FN3O5S. The third kappa shape index (κ3) is 8.55. The van der Waals surface area contributed by atoms with Crippen molar-refractivity contribution in [2.75, 3.05) is 24.0 Å². The molecule has 3 aromatic rings. The number of rotatable bonds is 15. The minimum atomic E-state index is -4.27. The molecule has 0 aliphatic carbocycles. The van der Waals surface area contributed by atoms with Crippen molar-refractivity contribution in [2.24, 2.45) is 0 Å².